The summed E-state index contributed by atoms with van der Waals surface area (Å²) in [5.41, 5.74) is 2.63. The lowest BCUT2D eigenvalue weighted by Gasteiger charge is -2.22. The number of amides is 3. The molecule has 1 aromatic carbocycles. The number of hydrogen-bond acceptors (Lipinski definition) is 6. The van der Waals surface area contributed by atoms with Crippen LogP contribution in [-0.4, -0.2) is 46.4 Å². The maximum Gasteiger partial charge on any atom is 0.325 e. The summed E-state index contributed by atoms with van der Waals surface area (Å²) in [7, 11) is 0. The summed E-state index contributed by atoms with van der Waals surface area (Å²) in [6.07, 6.45) is 5.25. The minimum atomic E-state index is -1.20. The largest absolute Gasteiger partial charge is 0.325 e. The fourth-order valence-corrected chi connectivity index (χ4v) is 3.67. The van der Waals surface area contributed by atoms with E-state index in [1.165, 1.54) is 15.9 Å². The second-order valence-corrected chi connectivity index (χ2v) is 7.46. The lowest BCUT2D eigenvalue weighted by molar-refractivity contribution is -0.131. The van der Waals surface area contributed by atoms with Crippen molar-refractivity contribution in [1.82, 2.24) is 39.8 Å². The van der Waals surface area contributed by atoms with E-state index in [4.69, 9.17) is 0 Å². The molecule has 1 aliphatic heterocycles. The van der Waals surface area contributed by atoms with Gasteiger partial charge in [0.05, 0.1) is 17.9 Å². The Morgan fingerprint density at radius 3 is 2.80 bits per heavy atom. The molecule has 30 heavy (non-hydrogen) atoms. The van der Waals surface area contributed by atoms with E-state index in [2.05, 4.69) is 25.8 Å². The number of tetrazole rings is 1. The minimum Gasteiger partial charge on any atom is -0.319 e. The number of fused-ring (bicyclic) bond motifs is 1. The SMILES string of the molecule is Cc1ccc2nc(CN3C(=O)NC(C)(c4cccc(-n5cnnn5)c4)C3=O)cn2c1. The molecule has 0 aliphatic carbocycles. The molecule has 1 aliphatic rings. The average Bonchev–Trinajstić information content (AvgIpc) is 3.44. The lowest BCUT2D eigenvalue weighted by Crippen LogP contribution is -2.40. The molecule has 1 unspecified atom stereocenters. The van der Waals surface area contributed by atoms with Crippen molar-refractivity contribution in [3.63, 3.8) is 0 Å². The first-order valence-corrected chi connectivity index (χ1v) is 9.36. The molecule has 3 aromatic heterocycles. The number of aromatic nitrogens is 6. The first-order chi connectivity index (χ1) is 14.4. The second kappa shape index (κ2) is 6.48. The Morgan fingerprint density at radius 2 is 2.00 bits per heavy atom. The van der Waals surface area contributed by atoms with E-state index < -0.39 is 11.6 Å². The highest BCUT2D eigenvalue weighted by Gasteiger charge is 2.49. The van der Waals surface area contributed by atoms with Crippen LogP contribution in [0.15, 0.2) is 55.1 Å². The number of aryl methyl sites for hydroxylation is 1. The Hall–Kier alpha value is -4.08. The predicted octanol–water partition coefficient (Wildman–Crippen LogP) is 1.59. The first kappa shape index (κ1) is 18.0. The fourth-order valence-electron chi connectivity index (χ4n) is 3.67. The number of nitrogens with zero attached hydrogens (tertiary/aromatic N) is 7. The van der Waals surface area contributed by atoms with Crippen LogP contribution in [0.2, 0.25) is 0 Å². The van der Waals surface area contributed by atoms with Gasteiger partial charge in [0.2, 0.25) is 0 Å². The Kier molecular flexibility index (Phi) is 3.88. The zero-order valence-corrected chi connectivity index (χ0v) is 16.4. The number of rotatable bonds is 4. The van der Waals surface area contributed by atoms with Crippen molar-refractivity contribution >= 4 is 17.6 Å². The number of benzene rings is 1. The number of carbonyl (C=O) groups is 2. The zero-order valence-electron chi connectivity index (χ0n) is 16.4. The predicted molar refractivity (Wildman–Crippen MR) is 106 cm³/mol. The molecule has 10 heteroatoms. The van der Waals surface area contributed by atoms with Crippen molar-refractivity contribution in [2.75, 3.05) is 0 Å². The lowest BCUT2D eigenvalue weighted by atomic mass is 9.91. The van der Waals surface area contributed by atoms with Crippen LogP contribution in [0.3, 0.4) is 0 Å². The maximum atomic E-state index is 13.3. The number of carbonyl (C=O) groups excluding carboxylic acids is 2. The Balaban J connectivity index is 1.45. The Morgan fingerprint density at radius 1 is 1.13 bits per heavy atom. The normalized spacial score (nSPS) is 18.9. The van der Waals surface area contributed by atoms with Gasteiger partial charge in [-0.2, -0.15) is 0 Å². The van der Waals surface area contributed by atoms with Crippen molar-refractivity contribution in [1.29, 1.82) is 0 Å². The van der Waals surface area contributed by atoms with Gasteiger partial charge in [-0.25, -0.2) is 14.5 Å². The van der Waals surface area contributed by atoms with Crippen molar-refractivity contribution in [3.8, 4) is 5.69 Å². The number of imidazole rings is 1. The molecule has 3 amide bonds. The summed E-state index contributed by atoms with van der Waals surface area (Å²) in [5.74, 6) is -0.338. The van der Waals surface area contributed by atoms with Gasteiger partial charge in [0.1, 0.15) is 17.5 Å². The molecule has 5 rings (SSSR count). The van der Waals surface area contributed by atoms with Crippen LogP contribution in [0.4, 0.5) is 4.79 Å². The Bertz CT molecular complexity index is 1280. The number of urea groups is 1. The molecule has 0 radical (unpaired) electrons. The third kappa shape index (κ3) is 2.81. The molecule has 1 N–H and O–H groups in total. The van der Waals surface area contributed by atoms with Gasteiger partial charge in [-0.05, 0) is 53.6 Å². The van der Waals surface area contributed by atoms with E-state index in [-0.39, 0.29) is 12.5 Å². The number of pyridine rings is 1. The smallest absolute Gasteiger partial charge is 0.319 e. The fraction of sp³-hybridized carbons (Fsp3) is 0.200. The van der Waals surface area contributed by atoms with Crippen LogP contribution >= 0.6 is 0 Å². The van der Waals surface area contributed by atoms with Crippen LogP contribution < -0.4 is 5.32 Å². The molecule has 4 heterocycles. The van der Waals surface area contributed by atoms with Crippen molar-refractivity contribution < 1.29 is 9.59 Å². The van der Waals surface area contributed by atoms with E-state index >= 15 is 0 Å². The highest BCUT2D eigenvalue weighted by molar-refractivity contribution is 6.07. The summed E-state index contributed by atoms with van der Waals surface area (Å²) >= 11 is 0. The van der Waals surface area contributed by atoms with E-state index in [0.717, 1.165) is 11.2 Å². The molecule has 150 valence electrons. The topological polar surface area (TPSA) is 110 Å². The molecular formula is C20H18N8O2. The van der Waals surface area contributed by atoms with Gasteiger partial charge in [-0.1, -0.05) is 18.2 Å². The van der Waals surface area contributed by atoms with E-state index in [0.29, 0.717) is 16.9 Å². The van der Waals surface area contributed by atoms with Crippen LogP contribution in [0.25, 0.3) is 11.3 Å². The van der Waals surface area contributed by atoms with Gasteiger partial charge < -0.3 is 9.72 Å². The van der Waals surface area contributed by atoms with Gasteiger partial charge in [-0.3, -0.25) is 9.69 Å². The second-order valence-electron chi connectivity index (χ2n) is 7.46. The average molecular weight is 402 g/mol. The molecule has 1 fully saturated rings. The highest BCUT2D eigenvalue weighted by Crippen LogP contribution is 2.30. The van der Waals surface area contributed by atoms with Crippen LogP contribution in [0.1, 0.15) is 23.7 Å². The zero-order chi connectivity index (χ0) is 20.9. The van der Waals surface area contributed by atoms with Crippen LogP contribution in [0.5, 0.6) is 0 Å². The monoisotopic (exact) mass is 402 g/mol. The first-order valence-electron chi connectivity index (χ1n) is 9.36. The third-order valence-electron chi connectivity index (χ3n) is 5.28. The van der Waals surface area contributed by atoms with E-state index in [1.807, 2.05) is 41.9 Å². The van der Waals surface area contributed by atoms with Crippen molar-refractivity contribution in [3.05, 3.63) is 71.9 Å². The molecular weight excluding hydrogens is 384 g/mol. The molecule has 0 saturated carbocycles. The summed E-state index contributed by atoms with van der Waals surface area (Å²) in [5, 5.41) is 14.0. The molecule has 4 aromatic rings. The maximum absolute atomic E-state index is 13.3. The minimum absolute atomic E-state index is 0.0909. The van der Waals surface area contributed by atoms with E-state index in [9.17, 15) is 9.59 Å². The van der Waals surface area contributed by atoms with Crippen LogP contribution in [0, 0.1) is 6.92 Å². The van der Waals surface area contributed by atoms with Gasteiger partial charge >= 0.3 is 6.03 Å². The molecule has 0 bridgehead atoms. The summed E-state index contributed by atoms with van der Waals surface area (Å²) in [6.45, 7) is 3.78. The quantitative estimate of drug-likeness (QED) is 0.519. The summed E-state index contributed by atoms with van der Waals surface area (Å²) < 4.78 is 3.38. The molecule has 1 saturated heterocycles. The number of hydrogen-bond donors (Lipinski definition) is 1. The van der Waals surface area contributed by atoms with Gasteiger partial charge in [0.25, 0.3) is 5.91 Å². The van der Waals surface area contributed by atoms with Gasteiger partial charge in [-0.15, -0.1) is 5.10 Å². The molecule has 0 spiro atoms. The van der Waals surface area contributed by atoms with Gasteiger partial charge in [0.15, 0.2) is 0 Å². The van der Waals surface area contributed by atoms with Gasteiger partial charge in [0, 0.05) is 12.4 Å². The third-order valence-corrected chi connectivity index (χ3v) is 5.28. The van der Waals surface area contributed by atoms with Crippen molar-refractivity contribution in [2.24, 2.45) is 0 Å². The molecule has 10 nitrogen and oxygen atoms in total. The number of imide groups is 1. The summed E-state index contributed by atoms with van der Waals surface area (Å²) in [6, 6.07) is 10.6. The summed E-state index contributed by atoms with van der Waals surface area (Å²) in [4.78, 5) is 31.7. The standard InChI is InChI=1S/C20H18N8O2/c1-13-6-7-17-22-15(10-26(17)9-13)11-27-18(29)20(2,23-19(27)30)14-4-3-5-16(8-14)28-12-21-24-25-28/h3-10,12H,11H2,1-2H3,(H,23,30). The molecule has 1 atom stereocenters. The highest BCUT2D eigenvalue weighted by atomic mass is 16.2. The number of nitrogens with one attached hydrogen (secondary N) is 1. The van der Waals surface area contributed by atoms with Crippen LogP contribution in [-0.2, 0) is 16.9 Å². The van der Waals surface area contributed by atoms with Crippen molar-refractivity contribution in [2.45, 2.75) is 25.9 Å². The Labute approximate surface area is 171 Å². The van der Waals surface area contributed by atoms with E-state index in [1.54, 1.807) is 25.1 Å².